The van der Waals surface area contributed by atoms with E-state index in [1.165, 1.54) is 5.56 Å². The van der Waals surface area contributed by atoms with E-state index < -0.39 is 5.60 Å². The van der Waals surface area contributed by atoms with Crippen molar-refractivity contribution in [2.45, 2.75) is 59.5 Å². The van der Waals surface area contributed by atoms with Gasteiger partial charge >= 0.3 is 6.09 Å². The number of fused-ring (bicyclic) bond motifs is 1. The molecular weight excluding hydrogens is 502 g/mol. The Balaban J connectivity index is 1.31. The van der Waals surface area contributed by atoms with E-state index in [2.05, 4.69) is 51.3 Å². The number of amides is 1. The van der Waals surface area contributed by atoms with Gasteiger partial charge in [0.15, 0.2) is 5.82 Å². The maximum absolute atomic E-state index is 12.5. The number of nitrogens with one attached hydrogen (secondary N) is 1. The van der Waals surface area contributed by atoms with Gasteiger partial charge in [0.1, 0.15) is 11.4 Å². The monoisotopic (exact) mass is 533 g/mol. The molecule has 0 unspecified atom stereocenters. The van der Waals surface area contributed by atoms with Crippen LogP contribution in [0.5, 0.6) is 0 Å². The zero-order valence-corrected chi connectivity index (χ0v) is 22.9. The average molecular weight is 534 g/mol. The standard InChI is InChI=1S/C28H32ClN7O2/c1-19-9-11-20(12-10-19)26-21(17-36(33-26)23-8-6-5-7-22(23)29)15-30-16-24-31-32-25-18-34(13-14-35(24)25)27(37)38-28(2,3)4/h5-12,17,30H,13-16,18H2,1-4H3. The average Bonchev–Trinajstić information content (AvgIpc) is 3.48. The molecule has 4 aromatic rings. The Labute approximate surface area is 227 Å². The molecule has 10 heteroatoms. The Morgan fingerprint density at radius 2 is 1.82 bits per heavy atom. The van der Waals surface area contributed by atoms with Crippen molar-refractivity contribution >= 4 is 17.7 Å². The topological polar surface area (TPSA) is 90.1 Å². The number of carbonyl (C=O) groups excluding carboxylic acids is 1. The van der Waals surface area contributed by atoms with Gasteiger partial charge in [-0.15, -0.1) is 10.2 Å². The quantitative estimate of drug-likeness (QED) is 0.369. The number of aromatic nitrogens is 5. The van der Waals surface area contributed by atoms with E-state index >= 15 is 0 Å². The van der Waals surface area contributed by atoms with Gasteiger partial charge in [0.25, 0.3) is 0 Å². The molecule has 0 fully saturated rings. The molecule has 1 aliphatic rings. The van der Waals surface area contributed by atoms with Gasteiger partial charge in [-0.2, -0.15) is 5.10 Å². The van der Waals surface area contributed by atoms with Crippen LogP contribution >= 0.6 is 11.6 Å². The minimum atomic E-state index is -0.533. The van der Waals surface area contributed by atoms with Crippen molar-refractivity contribution < 1.29 is 9.53 Å². The summed E-state index contributed by atoms with van der Waals surface area (Å²) in [5, 5.41) is 17.7. The summed E-state index contributed by atoms with van der Waals surface area (Å²) in [4.78, 5) is 14.1. The Hall–Kier alpha value is -3.69. The van der Waals surface area contributed by atoms with Gasteiger partial charge in [0.05, 0.1) is 29.5 Å². The maximum Gasteiger partial charge on any atom is 0.410 e. The fourth-order valence-electron chi connectivity index (χ4n) is 4.39. The van der Waals surface area contributed by atoms with Crippen LogP contribution in [0.2, 0.25) is 5.02 Å². The highest BCUT2D eigenvalue weighted by Gasteiger charge is 2.28. The van der Waals surface area contributed by atoms with Crippen LogP contribution in [0.15, 0.2) is 54.7 Å². The molecule has 0 bridgehead atoms. The summed E-state index contributed by atoms with van der Waals surface area (Å²) in [6.07, 6.45) is 1.69. The van der Waals surface area contributed by atoms with E-state index in [9.17, 15) is 4.79 Å². The van der Waals surface area contributed by atoms with Crippen molar-refractivity contribution in [1.82, 2.24) is 34.8 Å². The fraction of sp³-hybridized carbons (Fsp3) is 0.357. The third-order valence-electron chi connectivity index (χ3n) is 6.29. The molecule has 1 N–H and O–H groups in total. The van der Waals surface area contributed by atoms with Crippen LogP contribution in [0.4, 0.5) is 4.79 Å². The lowest BCUT2D eigenvalue weighted by Crippen LogP contribution is -2.42. The summed E-state index contributed by atoms with van der Waals surface area (Å²) >= 11 is 6.46. The minimum Gasteiger partial charge on any atom is -0.444 e. The van der Waals surface area contributed by atoms with Crippen LogP contribution in [-0.4, -0.2) is 47.7 Å². The Morgan fingerprint density at radius 1 is 1.05 bits per heavy atom. The van der Waals surface area contributed by atoms with Crippen LogP contribution in [-0.2, 0) is 30.9 Å². The molecule has 1 amide bonds. The van der Waals surface area contributed by atoms with Gasteiger partial charge in [-0.1, -0.05) is 53.6 Å². The molecule has 0 saturated heterocycles. The number of benzene rings is 2. The third-order valence-corrected chi connectivity index (χ3v) is 6.61. The van der Waals surface area contributed by atoms with Crippen molar-refractivity contribution in [2.75, 3.05) is 6.54 Å². The van der Waals surface area contributed by atoms with E-state index in [4.69, 9.17) is 21.4 Å². The van der Waals surface area contributed by atoms with Crippen LogP contribution in [0.1, 0.15) is 43.5 Å². The van der Waals surface area contributed by atoms with Crippen molar-refractivity contribution in [3.63, 3.8) is 0 Å². The Morgan fingerprint density at radius 3 is 2.55 bits per heavy atom. The number of para-hydroxylation sites is 1. The molecule has 0 aliphatic carbocycles. The highest BCUT2D eigenvalue weighted by Crippen LogP contribution is 2.27. The van der Waals surface area contributed by atoms with Crippen LogP contribution in [0.3, 0.4) is 0 Å². The Kier molecular flexibility index (Phi) is 7.23. The largest absolute Gasteiger partial charge is 0.444 e. The number of hydrogen-bond acceptors (Lipinski definition) is 6. The minimum absolute atomic E-state index is 0.328. The van der Waals surface area contributed by atoms with Crippen LogP contribution < -0.4 is 5.32 Å². The summed E-state index contributed by atoms with van der Waals surface area (Å²) in [5.74, 6) is 1.59. The zero-order valence-electron chi connectivity index (χ0n) is 22.1. The van der Waals surface area contributed by atoms with Crippen molar-refractivity contribution in [3.05, 3.63) is 82.5 Å². The number of ether oxygens (including phenoxy) is 1. The Bertz CT molecular complexity index is 1440. The van der Waals surface area contributed by atoms with Crippen molar-refractivity contribution in [3.8, 4) is 16.9 Å². The second kappa shape index (κ2) is 10.6. The summed E-state index contributed by atoms with van der Waals surface area (Å²) in [6.45, 7) is 10.3. The van der Waals surface area contributed by atoms with Crippen molar-refractivity contribution in [1.29, 1.82) is 0 Å². The lowest BCUT2D eigenvalue weighted by molar-refractivity contribution is 0.0194. The molecular formula is C28H32ClN7O2. The first-order valence-corrected chi connectivity index (χ1v) is 13.1. The van der Waals surface area contributed by atoms with Gasteiger partial charge in [-0.25, -0.2) is 9.48 Å². The predicted octanol–water partition coefficient (Wildman–Crippen LogP) is 5.13. The first-order chi connectivity index (χ1) is 18.2. The molecule has 0 spiro atoms. The summed E-state index contributed by atoms with van der Waals surface area (Å²) in [7, 11) is 0. The van der Waals surface area contributed by atoms with E-state index in [1.807, 2.05) is 55.9 Å². The molecule has 9 nitrogen and oxygen atoms in total. The lowest BCUT2D eigenvalue weighted by Gasteiger charge is -2.30. The molecule has 5 rings (SSSR count). The van der Waals surface area contributed by atoms with Gasteiger partial charge in [-0.3, -0.25) is 4.90 Å². The first-order valence-electron chi connectivity index (χ1n) is 12.7. The van der Waals surface area contributed by atoms with Gasteiger partial charge in [0, 0.05) is 37.0 Å². The summed E-state index contributed by atoms with van der Waals surface area (Å²) in [6, 6.07) is 16.0. The molecule has 3 heterocycles. The third kappa shape index (κ3) is 5.74. The second-order valence-corrected chi connectivity index (χ2v) is 10.9. The molecule has 2 aromatic carbocycles. The second-order valence-electron chi connectivity index (χ2n) is 10.5. The normalized spacial score (nSPS) is 13.4. The van der Waals surface area contributed by atoms with Gasteiger partial charge in [0.2, 0.25) is 0 Å². The van der Waals surface area contributed by atoms with Crippen molar-refractivity contribution in [2.24, 2.45) is 0 Å². The number of rotatable bonds is 6. The zero-order chi connectivity index (χ0) is 26.9. The maximum atomic E-state index is 12.5. The molecule has 2 aromatic heterocycles. The van der Waals surface area contributed by atoms with E-state index in [0.717, 1.165) is 34.2 Å². The van der Waals surface area contributed by atoms with Gasteiger partial charge in [-0.05, 0) is 39.8 Å². The first kappa shape index (κ1) is 25.9. The SMILES string of the molecule is Cc1ccc(-c2nn(-c3ccccc3Cl)cc2CNCc2nnc3n2CCN(C(=O)OC(C)(C)C)C3)cc1. The van der Waals surface area contributed by atoms with E-state index in [1.54, 1.807) is 4.90 Å². The summed E-state index contributed by atoms with van der Waals surface area (Å²) in [5.41, 5.74) is 4.47. The van der Waals surface area contributed by atoms with Gasteiger partial charge < -0.3 is 14.6 Å². The van der Waals surface area contributed by atoms with Crippen LogP contribution in [0.25, 0.3) is 16.9 Å². The van der Waals surface area contributed by atoms with E-state index in [-0.39, 0.29) is 6.09 Å². The number of carbonyl (C=O) groups is 1. The highest BCUT2D eigenvalue weighted by atomic mass is 35.5. The lowest BCUT2D eigenvalue weighted by atomic mass is 10.1. The predicted molar refractivity (Wildman–Crippen MR) is 146 cm³/mol. The number of hydrogen-bond donors (Lipinski definition) is 1. The number of halogens is 1. The molecule has 198 valence electrons. The number of nitrogens with zero attached hydrogens (tertiary/aromatic N) is 6. The summed E-state index contributed by atoms with van der Waals surface area (Å²) < 4.78 is 9.41. The number of aryl methyl sites for hydroxylation is 1. The molecule has 0 saturated carbocycles. The molecule has 38 heavy (non-hydrogen) atoms. The smallest absolute Gasteiger partial charge is 0.410 e. The molecule has 0 atom stereocenters. The van der Waals surface area contributed by atoms with E-state index in [0.29, 0.717) is 37.7 Å². The molecule has 1 aliphatic heterocycles. The highest BCUT2D eigenvalue weighted by molar-refractivity contribution is 6.32. The fourth-order valence-corrected chi connectivity index (χ4v) is 4.62. The van der Waals surface area contributed by atoms with Crippen LogP contribution in [0, 0.1) is 6.92 Å². The molecule has 0 radical (unpaired) electrons.